The average molecular weight is 439 g/mol. The van der Waals surface area contributed by atoms with Crippen molar-refractivity contribution in [2.45, 2.75) is 32.5 Å². The molecule has 9 heteroatoms. The average Bonchev–Trinajstić information content (AvgIpc) is 3.16. The van der Waals surface area contributed by atoms with Gasteiger partial charge in [0.25, 0.3) is 0 Å². The summed E-state index contributed by atoms with van der Waals surface area (Å²) in [6.07, 6.45) is -2.97. The fourth-order valence-corrected chi connectivity index (χ4v) is 3.51. The molecule has 0 bridgehead atoms. The first kappa shape index (κ1) is 21.5. The number of carbonyl (C=O) groups is 1. The van der Waals surface area contributed by atoms with Crippen molar-refractivity contribution in [1.29, 1.82) is 0 Å². The first-order chi connectivity index (χ1) is 15.0. The maximum atomic E-state index is 13.1. The summed E-state index contributed by atoms with van der Waals surface area (Å²) in [5.41, 5.74) is 1.04. The van der Waals surface area contributed by atoms with E-state index in [1.54, 1.807) is 6.20 Å². The normalized spacial score (nSPS) is 12.2. The van der Waals surface area contributed by atoms with E-state index < -0.39 is 17.4 Å². The lowest BCUT2D eigenvalue weighted by atomic mass is 9.98. The van der Waals surface area contributed by atoms with Gasteiger partial charge in [0.15, 0.2) is 5.82 Å². The highest BCUT2D eigenvalue weighted by atomic mass is 19.4. The Balaban J connectivity index is 1.78. The quantitative estimate of drug-likeness (QED) is 0.492. The molecule has 164 valence electrons. The van der Waals surface area contributed by atoms with Gasteiger partial charge < -0.3 is 5.32 Å². The largest absolute Gasteiger partial charge is 0.433 e. The minimum atomic E-state index is -4.55. The fraction of sp³-hybridized carbons (Fsp3) is 0.217. The van der Waals surface area contributed by atoms with Crippen LogP contribution in [0.4, 0.5) is 13.2 Å². The van der Waals surface area contributed by atoms with Crippen LogP contribution in [0.2, 0.25) is 0 Å². The number of rotatable bonds is 4. The molecule has 32 heavy (non-hydrogen) atoms. The number of nitrogens with one attached hydrogen (secondary N) is 1. The molecule has 0 unspecified atom stereocenters. The molecule has 0 radical (unpaired) electrons. The standard InChI is InChI=1S/C23H20F3N5O/c1-14(32)30-22(2,3)19-7-4-6-17(28-19)15-10-11-16-13-27-31(18(16)12-15)21-9-5-8-20(29-21)23(24,25)26/h4-13H,1-3H3,(H,30,32). The smallest absolute Gasteiger partial charge is 0.346 e. The number of fused-ring (bicyclic) bond motifs is 1. The highest BCUT2D eigenvalue weighted by Gasteiger charge is 2.32. The Morgan fingerprint density at radius 3 is 2.41 bits per heavy atom. The predicted octanol–water partition coefficient (Wildman–Crippen LogP) is 4.87. The van der Waals surface area contributed by atoms with Crippen molar-refractivity contribution in [1.82, 2.24) is 25.1 Å². The van der Waals surface area contributed by atoms with E-state index in [1.807, 2.05) is 50.2 Å². The van der Waals surface area contributed by atoms with Crippen molar-refractivity contribution in [3.63, 3.8) is 0 Å². The van der Waals surface area contributed by atoms with Gasteiger partial charge in [0.2, 0.25) is 5.91 Å². The van der Waals surface area contributed by atoms with Gasteiger partial charge in [-0.1, -0.05) is 24.3 Å². The van der Waals surface area contributed by atoms with Crippen LogP contribution in [-0.4, -0.2) is 25.7 Å². The number of benzene rings is 1. The Morgan fingerprint density at radius 2 is 1.69 bits per heavy atom. The molecular weight excluding hydrogens is 419 g/mol. The number of carbonyl (C=O) groups excluding carboxylic acids is 1. The summed E-state index contributed by atoms with van der Waals surface area (Å²) in [5, 5.41) is 7.86. The molecule has 3 heterocycles. The van der Waals surface area contributed by atoms with Crippen LogP contribution in [0.5, 0.6) is 0 Å². The molecule has 0 aliphatic heterocycles. The molecule has 4 aromatic rings. The minimum Gasteiger partial charge on any atom is -0.346 e. The number of nitrogens with zero attached hydrogens (tertiary/aromatic N) is 4. The summed E-state index contributed by atoms with van der Waals surface area (Å²) in [7, 11) is 0. The first-order valence-electron chi connectivity index (χ1n) is 9.84. The van der Waals surface area contributed by atoms with Crippen molar-refractivity contribution < 1.29 is 18.0 Å². The van der Waals surface area contributed by atoms with E-state index in [2.05, 4.69) is 15.4 Å². The number of hydrogen-bond acceptors (Lipinski definition) is 4. The van der Waals surface area contributed by atoms with E-state index in [1.165, 1.54) is 23.7 Å². The molecule has 0 saturated heterocycles. The van der Waals surface area contributed by atoms with Crippen LogP contribution in [0.1, 0.15) is 32.2 Å². The molecule has 0 fully saturated rings. The van der Waals surface area contributed by atoms with E-state index >= 15 is 0 Å². The topological polar surface area (TPSA) is 72.7 Å². The lowest BCUT2D eigenvalue weighted by Crippen LogP contribution is -2.40. The Labute approximate surface area is 182 Å². The van der Waals surface area contributed by atoms with E-state index in [4.69, 9.17) is 4.98 Å². The maximum Gasteiger partial charge on any atom is 0.433 e. The zero-order valence-corrected chi connectivity index (χ0v) is 17.6. The molecule has 0 aliphatic carbocycles. The van der Waals surface area contributed by atoms with Crippen LogP contribution in [0.15, 0.2) is 60.8 Å². The van der Waals surface area contributed by atoms with Crippen LogP contribution in [0.25, 0.3) is 28.0 Å². The highest BCUT2D eigenvalue weighted by Crippen LogP contribution is 2.30. The highest BCUT2D eigenvalue weighted by molar-refractivity contribution is 5.85. The number of aromatic nitrogens is 4. The second-order valence-corrected chi connectivity index (χ2v) is 7.92. The van der Waals surface area contributed by atoms with Gasteiger partial charge in [0, 0.05) is 17.9 Å². The summed E-state index contributed by atoms with van der Waals surface area (Å²) in [4.78, 5) is 20.0. The SMILES string of the molecule is CC(=O)NC(C)(C)c1cccc(-c2ccc3cnn(-c4cccc(C(F)(F)F)n4)c3c2)n1. The van der Waals surface area contributed by atoms with Crippen molar-refractivity contribution in [2.24, 2.45) is 0 Å². The van der Waals surface area contributed by atoms with Gasteiger partial charge in [-0.15, -0.1) is 0 Å². The molecule has 6 nitrogen and oxygen atoms in total. The van der Waals surface area contributed by atoms with Crippen molar-refractivity contribution in [3.8, 4) is 17.1 Å². The second-order valence-electron chi connectivity index (χ2n) is 7.92. The number of amides is 1. The second kappa shape index (κ2) is 7.74. The van der Waals surface area contributed by atoms with Crippen molar-refractivity contribution >= 4 is 16.8 Å². The van der Waals surface area contributed by atoms with Crippen LogP contribution >= 0.6 is 0 Å². The van der Waals surface area contributed by atoms with Crippen LogP contribution in [0, 0.1) is 0 Å². The van der Waals surface area contributed by atoms with Crippen LogP contribution in [0.3, 0.4) is 0 Å². The third-order valence-corrected chi connectivity index (χ3v) is 4.99. The predicted molar refractivity (Wildman–Crippen MR) is 114 cm³/mol. The Hall–Kier alpha value is -3.75. The summed E-state index contributed by atoms with van der Waals surface area (Å²) in [6, 6.07) is 14.7. The van der Waals surface area contributed by atoms with Gasteiger partial charge in [0.05, 0.1) is 28.6 Å². The molecule has 4 rings (SSSR count). The summed E-state index contributed by atoms with van der Waals surface area (Å²) in [5.74, 6) is -0.0958. The fourth-order valence-electron chi connectivity index (χ4n) is 3.51. The molecule has 3 aromatic heterocycles. The van der Waals surface area contributed by atoms with Gasteiger partial charge in [0.1, 0.15) is 5.69 Å². The molecule has 1 aromatic carbocycles. The number of alkyl halides is 3. The number of halogens is 3. The zero-order valence-electron chi connectivity index (χ0n) is 17.6. The molecular formula is C23H20F3N5O. The molecule has 1 N–H and O–H groups in total. The molecule has 0 atom stereocenters. The number of hydrogen-bond donors (Lipinski definition) is 1. The monoisotopic (exact) mass is 439 g/mol. The lowest BCUT2D eigenvalue weighted by molar-refractivity contribution is -0.141. The van der Waals surface area contributed by atoms with E-state index in [0.717, 1.165) is 17.0 Å². The Morgan fingerprint density at radius 1 is 0.969 bits per heavy atom. The van der Waals surface area contributed by atoms with Crippen LogP contribution in [-0.2, 0) is 16.5 Å². The lowest BCUT2D eigenvalue weighted by Gasteiger charge is -2.25. The molecule has 1 amide bonds. The Kier molecular flexibility index (Phi) is 5.20. The third-order valence-electron chi connectivity index (χ3n) is 4.99. The van der Waals surface area contributed by atoms with E-state index in [0.29, 0.717) is 16.9 Å². The van der Waals surface area contributed by atoms with Gasteiger partial charge in [-0.25, -0.2) is 9.67 Å². The summed E-state index contributed by atoms with van der Waals surface area (Å²) >= 11 is 0. The Bertz CT molecular complexity index is 1310. The van der Waals surface area contributed by atoms with E-state index in [-0.39, 0.29) is 11.7 Å². The van der Waals surface area contributed by atoms with Gasteiger partial charge in [-0.2, -0.15) is 18.3 Å². The first-order valence-corrected chi connectivity index (χ1v) is 9.84. The van der Waals surface area contributed by atoms with Crippen LogP contribution < -0.4 is 5.32 Å². The van der Waals surface area contributed by atoms with Gasteiger partial charge in [-0.3, -0.25) is 9.78 Å². The minimum absolute atomic E-state index is 0.0699. The molecule has 0 spiro atoms. The van der Waals surface area contributed by atoms with Gasteiger partial charge >= 0.3 is 6.18 Å². The third kappa shape index (κ3) is 4.18. The molecule has 0 saturated carbocycles. The maximum absolute atomic E-state index is 13.1. The molecule has 0 aliphatic rings. The van der Waals surface area contributed by atoms with Gasteiger partial charge in [-0.05, 0) is 44.2 Å². The van der Waals surface area contributed by atoms with E-state index in [9.17, 15) is 18.0 Å². The summed E-state index contributed by atoms with van der Waals surface area (Å²) < 4.78 is 40.7. The van der Waals surface area contributed by atoms with Crippen molar-refractivity contribution in [3.05, 3.63) is 72.2 Å². The number of pyridine rings is 2. The van der Waals surface area contributed by atoms with Crippen molar-refractivity contribution in [2.75, 3.05) is 0 Å². The summed E-state index contributed by atoms with van der Waals surface area (Å²) in [6.45, 7) is 5.17. The zero-order chi connectivity index (χ0) is 23.1.